The third-order valence-electron chi connectivity index (χ3n) is 3.68. The molecule has 1 aromatic heterocycles. The van der Waals surface area contributed by atoms with Crippen molar-refractivity contribution in [1.82, 2.24) is 4.90 Å². The van der Waals surface area contributed by atoms with E-state index in [1.54, 1.807) is 4.90 Å². The van der Waals surface area contributed by atoms with E-state index in [0.717, 1.165) is 24.2 Å². The Morgan fingerprint density at radius 2 is 2.18 bits per heavy atom. The van der Waals surface area contributed by atoms with Gasteiger partial charge in [-0.15, -0.1) is 11.3 Å². The number of nitrogens with zero attached hydrogens (tertiary/aromatic N) is 1. The van der Waals surface area contributed by atoms with Gasteiger partial charge in [0.1, 0.15) is 4.21 Å². The van der Waals surface area contributed by atoms with Gasteiger partial charge >= 0.3 is 5.97 Å². The maximum Gasteiger partial charge on any atom is 0.303 e. The quantitative estimate of drug-likeness (QED) is 0.828. The normalized spacial score (nSPS) is 19.1. The summed E-state index contributed by atoms with van der Waals surface area (Å²) in [5, 5.41) is 15.3. The van der Waals surface area contributed by atoms with Gasteiger partial charge in [-0.05, 0) is 31.2 Å². The van der Waals surface area contributed by atoms with Gasteiger partial charge in [0.25, 0.3) is 5.91 Å². The van der Waals surface area contributed by atoms with Crippen LogP contribution in [0.2, 0.25) is 0 Å². The zero-order valence-corrected chi connectivity index (χ0v) is 13.5. The lowest BCUT2D eigenvalue weighted by Gasteiger charge is -2.32. The van der Waals surface area contributed by atoms with Gasteiger partial charge < -0.3 is 10.0 Å². The van der Waals surface area contributed by atoms with Crippen LogP contribution in [0.1, 0.15) is 36.0 Å². The van der Waals surface area contributed by atoms with Crippen molar-refractivity contribution in [2.45, 2.75) is 29.9 Å². The summed E-state index contributed by atoms with van der Waals surface area (Å²) in [6, 6.07) is 1.29. The molecule has 0 aromatic carbocycles. The first-order valence-corrected chi connectivity index (χ1v) is 9.32. The lowest BCUT2D eigenvalue weighted by molar-refractivity contribution is -0.137. The number of hydrogen-bond acceptors (Lipinski definition) is 5. The third kappa shape index (κ3) is 4.28. The SMILES string of the molecule is NS(=O)(=O)c1cc(C(=O)N2CCCC(CCC(=O)O)C2)cs1. The molecule has 3 N–H and O–H groups in total. The summed E-state index contributed by atoms with van der Waals surface area (Å²) < 4.78 is 22.5. The van der Waals surface area contributed by atoms with Gasteiger partial charge in [-0.2, -0.15) is 0 Å². The number of primary sulfonamides is 1. The van der Waals surface area contributed by atoms with Crippen LogP contribution in [-0.2, 0) is 14.8 Å². The van der Waals surface area contributed by atoms with E-state index >= 15 is 0 Å². The predicted molar refractivity (Wildman–Crippen MR) is 81.2 cm³/mol. The highest BCUT2D eigenvalue weighted by molar-refractivity contribution is 7.91. The van der Waals surface area contributed by atoms with Crippen molar-refractivity contribution >= 4 is 33.2 Å². The molecule has 7 nitrogen and oxygen atoms in total. The molecule has 9 heteroatoms. The average molecular weight is 346 g/mol. The lowest BCUT2D eigenvalue weighted by atomic mass is 9.93. The zero-order valence-electron chi connectivity index (χ0n) is 11.9. The number of likely N-dealkylation sites (tertiary alicyclic amines) is 1. The van der Waals surface area contributed by atoms with Crippen molar-refractivity contribution in [2.24, 2.45) is 11.1 Å². The van der Waals surface area contributed by atoms with Crippen LogP contribution in [0.5, 0.6) is 0 Å². The molecular weight excluding hydrogens is 328 g/mol. The molecule has 1 atom stereocenters. The summed E-state index contributed by atoms with van der Waals surface area (Å²) in [5.74, 6) is -0.893. The van der Waals surface area contributed by atoms with Crippen LogP contribution in [0.15, 0.2) is 15.7 Å². The summed E-state index contributed by atoms with van der Waals surface area (Å²) in [5.41, 5.74) is 0.313. The number of nitrogens with two attached hydrogens (primary N) is 1. The van der Waals surface area contributed by atoms with E-state index < -0.39 is 16.0 Å². The minimum atomic E-state index is -3.79. The number of hydrogen-bond donors (Lipinski definition) is 2. The van der Waals surface area contributed by atoms with Crippen molar-refractivity contribution in [2.75, 3.05) is 13.1 Å². The molecule has 122 valence electrons. The topological polar surface area (TPSA) is 118 Å². The molecule has 1 amide bonds. The van der Waals surface area contributed by atoms with Crippen LogP contribution in [0.25, 0.3) is 0 Å². The van der Waals surface area contributed by atoms with E-state index in [4.69, 9.17) is 10.2 Å². The highest BCUT2D eigenvalue weighted by Crippen LogP contribution is 2.25. The van der Waals surface area contributed by atoms with Crippen LogP contribution in [0.4, 0.5) is 0 Å². The fraction of sp³-hybridized carbons (Fsp3) is 0.538. The van der Waals surface area contributed by atoms with E-state index in [-0.39, 0.29) is 22.5 Å². The second-order valence-electron chi connectivity index (χ2n) is 5.39. The van der Waals surface area contributed by atoms with Gasteiger partial charge in [-0.25, -0.2) is 13.6 Å². The Morgan fingerprint density at radius 1 is 1.45 bits per heavy atom. The van der Waals surface area contributed by atoms with E-state index in [2.05, 4.69) is 0 Å². The van der Waals surface area contributed by atoms with Gasteiger partial charge in [0.2, 0.25) is 10.0 Å². The fourth-order valence-corrected chi connectivity index (χ4v) is 4.15. The minimum Gasteiger partial charge on any atom is -0.481 e. The van der Waals surface area contributed by atoms with E-state index in [1.807, 2.05) is 0 Å². The van der Waals surface area contributed by atoms with E-state index in [9.17, 15) is 18.0 Å². The molecule has 0 saturated carbocycles. The lowest BCUT2D eigenvalue weighted by Crippen LogP contribution is -2.39. The summed E-state index contributed by atoms with van der Waals surface area (Å²) in [4.78, 5) is 24.7. The fourth-order valence-electron chi connectivity index (χ4n) is 2.57. The first-order valence-electron chi connectivity index (χ1n) is 6.90. The second-order valence-corrected chi connectivity index (χ2v) is 8.09. The standard InChI is InChI=1S/C13H18N2O5S2/c14-22(19,20)12-6-10(8-21-12)13(18)15-5-1-2-9(7-15)3-4-11(16)17/h6,8-9H,1-5,7H2,(H,16,17)(H2,14,19,20). The Hall–Kier alpha value is -1.45. The van der Waals surface area contributed by atoms with Crippen LogP contribution in [0.3, 0.4) is 0 Å². The summed E-state index contributed by atoms with van der Waals surface area (Å²) in [7, 11) is -3.79. The van der Waals surface area contributed by atoms with Crippen molar-refractivity contribution in [3.8, 4) is 0 Å². The Morgan fingerprint density at radius 3 is 2.77 bits per heavy atom. The second kappa shape index (κ2) is 6.76. The summed E-state index contributed by atoms with van der Waals surface area (Å²) in [6.07, 6.45) is 2.37. The molecule has 22 heavy (non-hydrogen) atoms. The monoisotopic (exact) mass is 346 g/mol. The molecule has 2 rings (SSSR count). The number of aliphatic carboxylic acids is 1. The molecular formula is C13H18N2O5S2. The highest BCUT2D eigenvalue weighted by atomic mass is 32.2. The smallest absolute Gasteiger partial charge is 0.303 e. The maximum atomic E-state index is 12.4. The van der Waals surface area contributed by atoms with Gasteiger partial charge in [-0.3, -0.25) is 9.59 Å². The summed E-state index contributed by atoms with van der Waals surface area (Å²) in [6.45, 7) is 1.11. The number of amides is 1. The number of carboxylic acids is 1. The molecule has 1 saturated heterocycles. The van der Waals surface area contributed by atoms with Gasteiger partial charge in [-0.1, -0.05) is 0 Å². The number of carboxylic acid groups (broad SMARTS) is 1. The number of carbonyl (C=O) groups is 2. The first kappa shape index (κ1) is 16.9. The Kier molecular flexibility index (Phi) is 5.20. The maximum absolute atomic E-state index is 12.4. The Balaban J connectivity index is 2.02. The van der Waals surface area contributed by atoms with Crippen LogP contribution >= 0.6 is 11.3 Å². The third-order valence-corrected chi connectivity index (χ3v) is 6.06. The molecule has 0 bridgehead atoms. The van der Waals surface area contributed by atoms with E-state index in [1.165, 1.54) is 11.4 Å². The van der Waals surface area contributed by atoms with Gasteiger partial charge in [0.15, 0.2) is 0 Å². The van der Waals surface area contributed by atoms with Crippen LogP contribution < -0.4 is 5.14 Å². The predicted octanol–water partition coefficient (Wildman–Crippen LogP) is 1.11. The molecule has 1 unspecified atom stereocenters. The first-order chi connectivity index (χ1) is 10.3. The van der Waals surface area contributed by atoms with Crippen molar-refractivity contribution in [3.05, 3.63) is 17.0 Å². The number of rotatable bonds is 5. The van der Waals surface area contributed by atoms with Crippen molar-refractivity contribution in [1.29, 1.82) is 0 Å². The molecule has 1 aliphatic rings. The average Bonchev–Trinajstić information content (AvgIpc) is 2.94. The van der Waals surface area contributed by atoms with Crippen molar-refractivity contribution in [3.63, 3.8) is 0 Å². The molecule has 1 aromatic rings. The number of piperidine rings is 1. The largest absolute Gasteiger partial charge is 0.481 e. The molecule has 1 aliphatic heterocycles. The van der Waals surface area contributed by atoms with Crippen LogP contribution in [0, 0.1) is 5.92 Å². The highest BCUT2D eigenvalue weighted by Gasteiger charge is 2.26. The summed E-state index contributed by atoms with van der Waals surface area (Å²) >= 11 is 0.926. The van der Waals surface area contributed by atoms with E-state index in [0.29, 0.717) is 25.1 Å². The van der Waals surface area contributed by atoms with Gasteiger partial charge in [0, 0.05) is 24.9 Å². The van der Waals surface area contributed by atoms with Crippen LogP contribution in [-0.4, -0.2) is 43.4 Å². The minimum absolute atomic E-state index is 0.0321. The number of carbonyl (C=O) groups excluding carboxylic acids is 1. The molecule has 1 fully saturated rings. The Bertz CT molecular complexity index is 668. The zero-order chi connectivity index (χ0) is 16.3. The number of sulfonamides is 1. The van der Waals surface area contributed by atoms with Gasteiger partial charge in [0.05, 0.1) is 5.56 Å². The van der Waals surface area contributed by atoms with Crippen molar-refractivity contribution < 1.29 is 23.1 Å². The Labute approximate surface area is 132 Å². The molecule has 0 radical (unpaired) electrons. The number of thiophene rings is 1. The molecule has 0 aliphatic carbocycles. The molecule has 0 spiro atoms. The molecule has 2 heterocycles.